The molecular formula is C12H11F3N3O3-. The lowest BCUT2D eigenvalue weighted by Gasteiger charge is -2.26. The molecule has 3 atom stereocenters. The van der Waals surface area contributed by atoms with Crippen molar-refractivity contribution in [2.45, 2.75) is 43.6 Å². The van der Waals surface area contributed by atoms with Crippen LogP contribution in [0.15, 0.2) is 12.4 Å². The standard InChI is InChI=1S/C12H12F3N3O3/c13-12(14,15)6-4-16-10(17-5-6)21-9-3-7-1-2-8(9)18(7)11(19)20/h4-5,7-9H,1-3H2,(H,19,20)/p-1. The second-order valence-corrected chi connectivity index (χ2v) is 5.12. The van der Waals surface area contributed by atoms with E-state index >= 15 is 0 Å². The van der Waals surface area contributed by atoms with Gasteiger partial charge in [0.15, 0.2) is 0 Å². The van der Waals surface area contributed by atoms with Crippen molar-refractivity contribution in [3.05, 3.63) is 18.0 Å². The van der Waals surface area contributed by atoms with Crippen molar-refractivity contribution in [1.29, 1.82) is 0 Å². The van der Waals surface area contributed by atoms with Crippen molar-refractivity contribution in [2.24, 2.45) is 0 Å². The Bertz CT molecular complexity index is 549. The molecule has 2 aliphatic rings. The van der Waals surface area contributed by atoms with Crippen molar-refractivity contribution in [1.82, 2.24) is 14.9 Å². The van der Waals surface area contributed by atoms with Gasteiger partial charge in [-0.3, -0.25) is 0 Å². The Kier molecular flexibility index (Phi) is 3.14. The number of rotatable bonds is 2. The Labute approximate surface area is 117 Å². The minimum atomic E-state index is -4.50. The zero-order valence-electron chi connectivity index (χ0n) is 10.7. The molecule has 21 heavy (non-hydrogen) atoms. The van der Waals surface area contributed by atoms with Gasteiger partial charge < -0.3 is 19.5 Å². The van der Waals surface area contributed by atoms with Crippen LogP contribution in [0.3, 0.4) is 0 Å². The average molecular weight is 302 g/mol. The molecule has 3 rings (SSSR count). The van der Waals surface area contributed by atoms with E-state index in [0.29, 0.717) is 25.2 Å². The number of carbonyl (C=O) groups is 1. The van der Waals surface area contributed by atoms with E-state index in [1.807, 2.05) is 0 Å². The molecule has 114 valence electrons. The van der Waals surface area contributed by atoms with Crippen LogP contribution in [-0.4, -0.2) is 39.1 Å². The number of hydrogen-bond acceptors (Lipinski definition) is 5. The van der Waals surface area contributed by atoms with Crippen LogP contribution in [0.2, 0.25) is 0 Å². The normalized spacial score (nSPS) is 28.0. The Hall–Kier alpha value is -2.06. The van der Waals surface area contributed by atoms with Crippen molar-refractivity contribution in [3.63, 3.8) is 0 Å². The number of halogens is 3. The topological polar surface area (TPSA) is 78.4 Å². The summed E-state index contributed by atoms with van der Waals surface area (Å²) in [6, 6.07) is -0.677. The molecule has 0 aliphatic carbocycles. The average Bonchev–Trinajstić information content (AvgIpc) is 2.95. The molecule has 1 amide bonds. The summed E-state index contributed by atoms with van der Waals surface area (Å²) < 4.78 is 42.6. The third-order valence-electron chi connectivity index (χ3n) is 3.90. The minimum Gasteiger partial charge on any atom is -0.530 e. The summed E-state index contributed by atoms with van der Waals surface area (Å²) in [6.45, 7) is 0. The van der Waals surface area contributed by atoms with Crippen molar-refractivity contribution >= 4 is 6.09 Å². The van der Waals surface area contributed by atoms with Gasteiger partial charge in [-0.1, -0.05) is 0 Å². The second kappa shape index (κ2) is 4.74. The van der Waals surface area contributed by atoms with E-state index in [9.17, 15) is 23.1 Å². The summed E-state index contributed by atoms with van der Waals surface area (Å²) in [5, 5.41) is 11.0. The largest absolute Gasteiger partial charge is 0.530 e. The molecule has 2 saturated heterocycles. The van der Waals surface area contributed by atoms with Crippen molar-refractivity contribution in [2.75, 3.05) is 0 Å². The van der Waals surface area contributed by atoms with E-state index in [4.69, 9.17) is 4.74 Å². The molecule has 0 spiro atoms. The molecule has 2 aliphatic heterocycles. The number of carbonyl (C=O) groups excluding carboxylic acids is 1. The lowest BCUT2D eigenvalue weighted by molar-refractivity contribution is -0.267. The summed E-state index contributed by atoms with van der Waals surface area (Å²) in [7, 11) is 0. The van der Waals surface area contributed by atoms with E-state index in [-0.39, 0.29) is 18.1 Å². The van der Waals surface area contributed by atoms with Crippen molar-refractivity contribution in [3.8, 4) is 6.01 Å². The molecule has 1 aromatic heterocycles. The Morgan fingerprint density at radius 2 is 2.00 bits per heavy atom. The van der Waals surface area contributed by atoms with Crippen LogP contribution in [-0.2, 0) is 6.18 Å². The zero-order valence-corrected chi connectivity index (χ0v) is 10.7. The first kappa shape index (κ1) is 13.9. The highest BCUT2D eigenvalue weighted by atomic mass is 19.4. The van der Waals surface area contributed by atoms with E-state index in [2.05, 4.69) is 9.97 Å². The molecule has 3 unspecified atom stereocenters. The van der Waals surface area contributed by atoms with E-state index in [0.717, 1.165) is 6.42 Å². The maximum atomic E-state index is 12.4. The number of aromatic nitrogens is 2. The predicted molar refractivity (Wildman–Crippen MR) is 60.1 cm³/mol. The van der Waals surface area contributed by atoms with Gasteiger partial charge in [0.25, 0.3) is 0 Å². The fourth-order valence-corrected chi connectivity index (χ4v) is 3.00. The summed E-state index contributed by atoms with van der Waals surface area (Å²) >= 11 is 0. The SMILES string of the molecule is O=C([O-])N1C2CCC1C(Oc1ncc(C(F)(F)F)cn1)C2. The third-order valence-corrected chi connectivity index (χ3v) is 3.90. The molecule has 3 heterocycles. The lowest BCUT2D eigenvalue weighted by Crippen LogP contribution is -2.46. The number of amides is 1. The van der Waals surface area contributed by atoms with Crippen LogP contribution in [0.4, 0.5) is 18.0 Å². The quantitative estimate of drug-likeness (QED) is 0.808. The molecule has 0 aromatic carbocycles. The Morgan fingerprint density at radius 3 is 2.52 bits per heavy atom. The highest BCUT2D eigenvalue weighted by Crippen LogP contribution is 2.39. The van der Waals surface area contributed by atoms with E-state index in [1.165, 1.54) is 4.90 Å². The van der Waals surface area contributed by atoms with Gasteiger partial charge in [-0.2, -0.15) is 13.2 Å². The molecule has 9 heteroatoms. The zero-order chi connectivity index (χ0) is 15.2. The minimum absolute atomic E-state index is 0.153. The monoisotopic (exact) mass is 302 g/mol. The van der Waals surface area contributed by atoms with Crippen LogP contribution >= 0.6 is 0 Å². The molecule has 0 saturated carbocycles. The van der Waals surface area contributed by atoms with Gasteiger partial charge in [0, 0.05) is 24.9 Å². The summed E-state index contributed by atoms with van der Waals surface area (Å²) in [5.74, 6) is 0. The van der Waals surface area contributed by atoms with Gasteiger partial charge in [-0.25, -0.2) is 9.97 Å². The molecule has 0 N–H and O–H groups in total. The van der Waals surface area contributed by atoms with E-state index < -0.39 is 23.9 Å². The van der Waals surface area contributed by atoms with E-state index in [1.54, 1.807) is 0 Å². The number of hydrogen-bond donors (Lipinski definition) is 0. The summed E-state index contributed by atoms with van der Waals surface area (Å²) in [5.41, 5.74) is -0.959. The number of alkyl halides is 3. The fourth-order valence-electron chi connectivity index (χ4n) is 3.00. The number of ether oxygens (including phenoxy) is 1. The van der Waals surface area contributed by atoms with Crippen LogP contribution in [0.5, 0.6) is 6.01 Å². The lowest BCUT2D eigenvalue weighted by atomic mass is 9.98. The van der Waals surface area contributed by atoms with Gasteiger partial charge in [0.05, 0.1) is 11.6 Å². The molecule has 2 bridgehead atoms. The highest BCUT2D eigenvalue weighted by Gasteiger charge is 2.48. The molecule has 1 aromatic rings. The Balaban J connectivity index is 1.70. The number of carboxylic acid groups (broad SMARTS) is 1. The summed E-state index contributed by atoms with van der Waals surface area (Å²) in [4.78, 5) is 19.3. The third kappa shape index (κ3) is 2.47. The molecular weight excluding hydrogens is 291 g/mol. The highest BCUT2D eigenvalue weighted by molar-refractivity contribution is 5.64. The smallest absolute Gasteiger partial charge is 0.419 e. The van der Waals surface area contributed by atoms with Gasteiger partial charge in [-0.15, -0.1) is 0 Å². The van der Waals surface area contributed by atoms with Crippen LogP contribution in [0.1, 0.15) is 24.8 Å². The first-order valence-electron chi connectivity index (χ1n) is 6.41. The second-order valence-electron chi connectivity index (χ2n) is 5.12. The Morgan fingerprint density at radius 1 is 1.33 bits per heavy atom. The van der Waals surface area contributed by atoms with Crippen molar-refractivity contribution < 1.29 is 27.8 Å². The molecule has 0 radical (unpaired) electrons. The first-order valence-corrected chi connectivity index (χ1v) is 6.41. The van der Waals surface area contributed by atoms with Gasteiger partial charge in [0.2, 0.25) is 0 Å². The van der Waals surface area contributed by atoms with Crippen LogP contribution in [0, 0.1) is 0 Å². The molecule has 6 nitrogen and oxygen atoms in total. The number of fused-ring (bicyclic) bond motifs is 2. The maximum Gasteiger partial charge on any atom is 0.419 e. The summed E-state index contributed by atoms with van der Waals surface area (Å²) in [6.07, 6.45) is -3.05. The van der Waals surface area contributed by atoms with Crippen LogP contribution < -0.4 is 9.84 Å². The maximum absolute atomic E-state index is 12.4. The van der Waals surface area contributed by atoms with Gasteiger partial charge >= 0.3 is 12.2 Å². The van der Waals surface area contributed by atoms with Gasteiger partial charge in [0.1, 0.15) is 12.2 Å². The number of nitrogens with zero attached hydrogens (tertiary/aromatic N) is 3. The first-order chi connectivity index (χ1) is 9.86. The molecule has 2 fully saturated rings. The predicted octanol–water partition coefficient (Wildman–Crippen LogP) is 0.823. The van der Waals surface area contributed by atoms with Gasteiger partial charge in [-0.05, 0) is 12.8 Å². The fraction of sp³-hybridized carbons (Fsp3) is 0.583. The van der Waals surface area contributed by atoms with Crippen LogP contribution in [0.25, 0.3) is 0 Å².